The Morgan fingerprint density at radius 2 is 1.30 bits per heavy atom. The molecule has 8 aromatic rings. The number of carbonyl (C=O) groups is 7. The lowest BCUT2D eigenvalue weighted by atomic mass is 10.2. The SMILES string of the molecule is CCOC(=O)C(Oc1ccc(Cl)c2cccnc12)C(=O)OCC.CSC(=O)c1cccc2nnsc12.NC(=O)c1ccc(C(F)(F)F)[nH]c1=O.O=C(NO)c1cc(Cl)cc(Cl)c1O.O=C(O)c1cc(Cl)cc(Cl)c1O.O=C(O)c1cc(Cl)nc(Cl)c1. The molecule has 2 amide bonds. The second-order valence-corrected chi connectivity index (χ2v) is 19.9. The first kappa shape index (κ1) is 72.5. The van der Waals surface area contributed by atoms with Crippen molar-refractivity contribution >= 4 is 166 Å². The van der Waals surface area contributed by atoms with E-state index in [4.69, 9.17) is 122 Å². The number of amides is 2. The van der Waals surface area contributed by atoms with E-state index in [0.29, 0.717) is 27.6 Å². The smallest absolute Gasteiger partial charge is 0.431 e. The number of aromatic carboxylic acids is 2. The van der Waals surface area contributed by atoms with E-state index in [1.165, 1.54) is 64.1 Å². The number of hydrogen-bond donors (Lipinski definition) is 8. The number of nitrogens with two attached hydrogens (primary N) is 1. The van der Waals surface area contributed by atoms with E-state index in [1.807, 2.05) is 12.1 Å². The van der Waals surface area contributed by atoms with Crippen LogP contribution in [-0.2, 0) is 25.2 Å². The number of fused-ring (bicyclic) bond motifs is 2. The van der Waals surface area contributed by atoms with Crippen molar-refractivity contribution in [2.75, 3.05) is 19.5 Å². The predicted molar refractivity (Wildman–Crippen MR) is 314 cm³/mol. The first-order valence-corrected chi connectivity index (χ1v) is 27.6. The molecule has 8 rings (SSSR count). The predicted octanol–water partition coefficient (Wildman–Crippen LogP) is 11.8. The maximum Gasteiger partial charge on any atom is 0.431 e. The van der Waals surface area contributed by atoms with Gasteiger partial charge in [0.25, 0.3) is 23.5 Å². The molecule has 456 valence electrons. The largest absolute Gasteiger partial charge is 0.506 e. The van der Waals surface area contributed by atoms with Crippen molar-refractivity contribution in [1.82, 2.24) is 30.0 Å². The van der Waals surface area contributed by atoms with Gasteiger partial charge in [0.15, 0.2) is 0 Å². The Kier molecular flexibility index (Phi) is 29.0. The minimum absolute atomic E-state index is 0.0370. The van der Waals surface area contributed by atoms with Gasteiger partial charge in [-0.15, -0.1) is 5.10 Å². The number of thioether (sulfide) groups is 1. The summed E-state index contributed by atoms with van der Waals surface area (Å²) in [6, 6.07) is 20.8. The molecule has 0 fully saturated rings. The van der Waals surface area contributed by atoms with Gasteiger partial charge in [0.05, 0.1) is 44.1 Å². The first-order valence-electron chi connectivity index (χ1n) is 22.9. The summed E-state index contributed by atoms with van der Waals surface area (Å²) >= 11 is 41.5. The van der Waals surface area contributed by atoms with E-state index in [2.05, 4.69) is 19.6 Å². The normalized spacial score (nSPS) is 10.4. The van der Waals surface area contributed by atoms with Crippen LogP contribution in [0, 0.1) is 0 Å². The monoisotopic (exact) mass is 1370 g/mol. The van der Waals surface area contributed by atoms with Gasteiger partial charge in [0.2, 0.25) is 5.12 Å². The number of pyridine rings is 3. The quantitative estimate of drug-likeness (QED) is 0.0196. The summed E-state index contributed by atoms with van der Waals surface area (Å²) in [6.07, 6.45) is -2.82. The summed E-state index contributed by atoms with van der Waals surface area (Å²) in [5, 5.41) is 49.2. The molecule has 0 aliphatic heterocycles. The third-order valence-corrected chi connectivity index (χ3v) is 12.8. The van der Waals surface area contributed by atoms with Crippen LogP contribution in [0.5, 0.6) is 17.2 Å². The van der Waals surface area contributed by atoms with Crippen molar-refractivity contribution in [3.05, 3.63) is 176 Å². The number of carboxylic acids is 2. The van der Waals surface area contributed by atoms with Crippen molar-refractivity contribution in [2.45, 2.75) is 26.1 Å². The molecular weight excluding hydrogens is 1340 g/mol. The molecule has 0 saturated heterocycles. The Bertz CT molecular complexity index is 3810. The van der Waals surface area contributed by atoms with E-state index >= 15 is 0 Å². The average molecular weight is 1380 g/mol. The van der Waals surface area contributed by atoms with Crippen molar-refractivity contribution < 1.29 is 86.6 Å². The maximum absolute atomic E-state index is 12.0. The highest BCUT2D eigenvalue weighted by molar-refractivity contribution is 8.13. The van der Waals surface area contributed by atoms with Crippen LogP contribution in [0.4, 0.5) is 13.2 Å². The molecule has 0 aliphatic rings. The summed E-state index contributed by atoms with van der Waals surface area (Å²) in [5.74, 6) is -6.55. The number of aromatic nitrogens is 5. The lowest BCUT2D eigenvalue weighted by molar-refractivity contribution is -0.166. The zero-order chi connectivity index (χ0) is 64.7. The molecule has 0 unspecified atom stereocenters. The molecule has 4 heterocycles. The van der Waals surface area contributed by atoms with Gasteiger partial charge in [-0.2, -0.15) is 13.2 Å². The third-order valence-electron chi connectivity index (χ3n) is 9.73. The average Bonchev–Trinajstić information content (AvgIpc) is 1.94. The number of carboxylic acid groups (broad SMARTS) is 2. The number of alkyl halides is 3. The second-order valence-electron chi connectivity index (χ2n) is 15.5. The first-order chi connectivity index (χ1) is 40.4. The van der Waals surface area contributed by atoms with Gasteiger partial charge in [-0.05, 0) is 117 Å². The van der Waals surface area contributed by atoms with Crippen LogP contribution in [0.25, 0.3) is 21.1 Å². The number of esters is 2. The highest BCUT2D eigenvalue weighted by Gasteiger charge is 2.33. The molecule has 4 aromatic heterocycles. The number of aromatic amines is 1. The molecule has 86 heavy (non-hydrogen) atoms. The Morgan fingerprint density at radius 1 is 0.733 bits per heavy atom. The summed E-state index contributed by atoms with van der Waals surface area (Å²) in [5.41, 5.74) is 4.74. The topological polar surface area (TPSA) is 371 Å². The zero-order valence-electron chi connectivity index (χ0n) is 43.4. The van der Waals surface area contributed by atoms with Gasteiger partial charge < -0.3 is 45.4 Å². The van der Waals surface area contributed by atoms with E-state index in [0.717, 1.165) is 22.3 Å². The number of ether oxygens (including phenoxy) is 3. The maximum atomic E-state index is 12.0. The van der Waals surface area contributed by atoms with Crippen molar-refractivity contribution in [3.8, 4) is 17.2 Å². The van der Waals surface area contributed by atoms with Crippen LogP contribution in [-0.4, -0.2) is 117 Å². The Hall–Kier alpha value is -7.77. The molecule has 0 aliphatic carbocycles. The summed E-state index contributed by atoms with van der Waals surface area (Å²) in [4.78, 5) is 97.8. The number of H-pyrrole nitrogens is 1. The van der Waals surface area contributed by atoms with Crippen LogP contribution >= 0.6 is 105 Å². The van der Waals surface area contributed by atoms with Crippen LogP contribution in [0.1, 0.15) is 71.3 Å². The molecule has 35 heteroatoms. The summed E-state index contributed by atoms with van der Waals surface area (Å²) in [7, 11) is 0. The number of rotatable bonds is 11. The van der Waals surface area contributed by atoms with Crippen molar-refractivity contribution in [3.63, 3.8) is 0 Å². The van der Waals surface area contributed by atoms with Gasteiger partial charge in [0, 0.05) is 27.2 Å². The van der Waals surface area contributed by atoms with Crippen LogP contribution in [0.2, 0.25) is 35.4 Å². The Labute approximate surface area is 524 Å². The Morgan fingerprint density at radius 3 is 1.80 bits per heavy atom. The molecule has 4 aromatic carbocycles. The fraction of sp³-hybridized carbons (Fsp3) is 0.137. The Balaban J connectivity index is 0.000000276. The van der Waals surface area contributed by atoms with E-state index in [1.54, 1.807) is 56.6 Å². The van der Waals surface area contributed by atoms with Gasteiger partial charge >= 0.3 is 30.1 Å². The fourth-order valence-electron chi connectivity index (χ4n) is 5.99. The molecule has 23 nitrogen and oxygen atoms in total. The number of nitrogens with zero attached hydrogens (tertiary/aromatic N) is 4. The van der Waals surface area contributed by atoms with Gasteiger partial charge in [0.1, 0.15) is 55.4 Å². The van der Waals surface area contributed by atoms with Crippen molar-refractivity contribution in [2.24, 2.45) is 5.73 Å². The summed E-state index contributed by atoms with van der Waals surface area (Å²) in [6.45, 7) is 3.52. The summed E-state index contributed by atoms with van der Waals surface area (Å²) < 4.78 is 56.0. The molecule has 0 atom stereocenters. The minimum atomic E-state index is -4.64. The number of aromatic hydroxyl groups is 2. The number of carbonyl (C=O) groups excluding carboxylic acids is 5. The van der Waals surface area contributed by atoms with Crippen LogP contribution in [0.15, 0.2) is 102 Å². The molecule has 9 N–H and O–H groups in total. The lowest BCUT2D eigenvalue weighted by Crippen LogP contribution is -2.38. The highest BCUT2D eigenvalue weighted by atomic mass is 35.5. The standard InChI is InChI=1S/C16H16ClNO5.C8H6N2OS2.C7H5Cl2NO3.C7H4Cl2O3.C7H5F3N2O2.C6H3Cl2NO2/c1-3-21-15(19)14(16(20)22-4-2)23-12-8-7-11(17)10-6-5-9-18-13(10)12;1-12-8(11)5-3-2-4-6-7(5)13-10-9-6;8-3-1-4(7(12)10-13)6(11)5(9)2-3;8-3-1-4(7(11)12)6(10)5(9)2-3;8-7(9,10)4-2-1-3(5(11)13)6(14)12-4;7-4-1-3(6(10)11)2-5(8)9-4/h5-9,14H,3-4H2,1-2H3;2-4H,1H3;1-2,11,13H,(H,10,12);1-2,10H,(H,11,12);1-2H,(H2,11,13)(H,12,14);1-2H,(H,10,11). The molecule has 0 saturated carbocycles. The fourth-order valence-corrected chi connectivity index (χ4v) is 8.78. The number of phenols is 2. The van der Waals surface area contributed by atoms with E-state index in [-0.39, 0.29) is 71.2 Å². The lowest BCUT2D eigenvalue weighted by Gasteiger charge is -2.17. The minimum Gasteiger partial charge on any atom is -0.506 e. The van der Waals surface area contributed by atoms with Gasteiger partial charge in [-0.3, -0.25) is 29.4 Å². The van der Waals surface area contributed by atoms with E-state index in [9.17, 15) is 56.6 Å². The molecule has 0 bridgehead atoms. The highest BCUT2D eigenvalue weighted by Crippen LogP contribution is 2.33. The van der Waals surface area contributed by atoms with Crippen LogP contribution < -0.4 is 21.5 Å². The molecule has 0 radical (unpaired) electrons. The number of phenolic OH excluding ortho intramolecular Hbond substituents is 1. The number of benzene rings is 4. The number of hydroxylamine groups is 1. The number of hydrogen-bond acceptors (Lipinski definition) is 20. The number of nitrogens with one attached hydrogen (secondary N) is 2. The molecular formula is C51H39Cl7F3N7O16S2. The van der Waals surface area contributed by atoms with E-state index < -0.39 is 76.3 Å². The van der Waals surface area contributed by atoms with Gasteiger partial charge in [-0.25, -0.2) is 29.6 Å². The number of halogens is 10. The van der Waals surface area contributed by atoms with Gasteiger partial charge in [-0.1, -0.05) is 104 Å². The zero-order valence-corrected chi connectivity index (χ0v) is 50.3. The molecule has 0 spiro atoms. The number of primary amides is 1. The van der Waals surface area contributed by atoms with Crippen molar-refractivity contribution in [1.29, 1.82) is 0 Å². The second kappa shape index (κ2) is 34.4. The van der Waals surface area contributed by atoms with Crippen LogP contribution in [0.3, 0.4) is 0 Å². The third kappa shape index (κ3) is 21.6.